The Bertz CT molecular complexity index is 830. The van der Waals surface area contributed by atoms with E-state index in [9.17, 15) is 0 Å². The number of nitrogen functional groups attached to an aromatic ring is 1. The van der Waals surface area contributed by atoms with E-state index < -0.39 is 0 Å². The Labute approximate surface area is 136 Å². The van der Waals surface area contributed by atoms with Crippen molar-refractivity contribution in [1.29, 1.82) is 0 Å². The second-order valence-electron chi connectivity index (χ2n) is 4.51. The summed E-state index contributed by atoms with van der Waals surface area (Å²) in [6.07, 6.45) is 1.89. The number of ether oxygens (including phenoxy) is 2. The molecule has 1 aromatic carbocycles. The number of hydrogen-bond acceptors (Lipinski definition) is 8. The second kappa shape index (κ2) is 6.21. The van der Waals surface area contributed by atoms with Crippen LogP contribution in [0.1, 0.15) is 0 Å². The minimum absolute atomic E-state index is 0.311. The summed E-state index contributed by atoms with van der Waals surface area (Å²) in [5.41, 5.74) is 7.23. The van der Waals surface area contributed by atoms with Gasteiger partial charge in [-0.2, -0.15) is 10.1 Å². The Morgan fingerprint density at radius 2 is 2.00 bits per heavy atom. The number of nitrogens with one attached hydrogen (secondary N) is 1. The predicted octanol–water partition coefficient (Wildman–Crippen LogP) is 2.45. The molecule has 120 valence electrons. The molecule has 0 bridgehead atoms. The van der Waals surface area contributed by atoms with Crippen LogP contribution in [0.2, 0.25) is 0 Å². The summed E-state index contributed by atoms with van der Waals surface area (Å²) in [6.45, 7) is 0. The first kappa shape index (κ1) is 15.2. The lowest BCUT2D eigenvalue weighted by molar-refractivity contribution is 0.355. The van der Waals surface area contributed by atoms with E-state index >= 15 is 0 Å². The van der Waals surface area contributed by atoms with Gasteiger partial charge >= 0.3 is 0 Å². The van der Waals surface area contributed by atoms with Gasteiger partial charge in [-0.1, -0.05) is 5.16 Å². The molecule has 0 spiro atoms. The monoisotopic (exact) mass is 333 g/mol. The van der Waals surface area contributed by atoms with E-state index in [0.717, 1.165) is 5.56 Å². The first-order valence-electron chi connectivity index (χ1n) is 6.62. The number of methoxy groups -OCH3 is 2. The standard InChI is InChI=1S/C14H15N5O3S/c1-20-8-5-4-7(6-9(8)21-2)12-16-13(22-19-12)10-11(15)17-18-14(10)23-3/h4-6H,1-3H3,(H3,15,17,18). The van der Waals surface area contributed by atoms with E-state index in [1.807, 2.05) is 12.3 Å². The molecule has 8 nitrogen and oxygen atoms in total. The van der Waals surface area contributed by atoms with Crippen molar-refractivity contribution < 1.29 is 14.0 Å². The third kappa shape index (κ3) is 2.70. The zero-order valence-electron chi connectivity index (χ0n) is 12.8. The quantitative estimate of drug-likeness (QED) is 0.685. The molecule has 2 heterocycles. The summed E-state index contributed by atoms with van der Waals surface area (Å²) in [4.78, 5) is 4.40. The zero-order valence-corrected chi connectivity index (χ0v) is 13.6. The molecule has 23 heavy (non-hydrogen) atoms. The average Bonchev–Trinajstić information content (AvgIpc) is 3.20. The van der Waals surface area contributed by atoms with Crippen LogP contribution in [-0.2, 0) is 0 Å². The lowest BCUT2D eigenvalue weighted by atomic mass is 10.2. The Morgan fingerprint density at radius 1 is 1.22 bits per heavy atom. The topological polar surface area (TPSA) is 112 Å². The molecule has 0 amide bonds. The molecule has 2 aromatic heterocycles. The number of aromatic amines is 1. The van der Waals surface area contributed by atoms with E-state index in [-0.39, 0.29) is 0 Å². The van der Waals surface area contributed by atoms with Gasteiger partial charge < -0.3 is 19.7 Å². The minimum atomic E-state index is 0.311. The maximum atomic E-state index is 5.88. The van der Waals surface area contributed by atoms with E-state index in [1.54, 1.807) is 26.4 Å². The number of rotatable bonds is 5. The van der Waals surface area contributed by atoms with Gasteiger partial charge in [-0.3, -0.25) is 5.10 Å². The lowest BCUT2D eigenvalue weighted by Gasteiger charge is -2.07. The molecule has 0 aliphatic carbocycles. The summed E-state index contributed by atoms with van der Waals surface area (Å²) in [5.74, 6) is 2.34. The van der Waals surface area contributed by atoms with Gasteiger partial charge in [-0.15, -0.1) is 11.8 Å². The molecule has 0 saturated carbocycles. The van der Waals surface area contributed by atoms with Crippen LogP contribution >= 0.6 is 11.8 Å². The molecule has 0 radical (unpaired) electrons. The van der Waals surface area contributed by atoms with Crippen molar-refractivity contribution in [3.8, 4) is 34.3 Å². The van der Waals surface area contributed by atoms with Crippen LogP contribution in [0.15, 0.2) is 27.7 Å². The fourth-order valence-corrected chi connectivity index (χ4v) is 2.65. The van der Waals surface area contributed by atoms with E-state index in [2.05, 4.69) is 20.3 Å². The molecule has 3 N–H and O–H groups in total. The van der Waals surface area contributed by atoms with E-state index in [1.165, 1.54) is 11.8 Å². The summed E-state index contributed by atoms with van der Waals surface area (Å²) < 4.78 is 15.8. The molecular weight excluding hydrogens is 318 g/mol. The molecule has 0 aliphatic rings. The van der Waals surface area contributed by atoms with Gasteiger partial charge in [0, 0.05) is 5.56 Å². The SMILES string of the molecule is COc1ccc(-c2noc(-c3c(SC)n[nH]c3N)n2)cc1OC. The third-order valence-corrected chi connectivity index (χ3v) is 3.92. The fourth-order valence-electron chi connectivity index (χ4n) is 2.11. The van der Waals surface area contributed by atoms with Gasteiger partial charge in [0.25, 0.3) is 5.89 Å². The van der Waals surface area contributed by atoms with Crippen LogP contribution in [0, 0.1) is 0 Å². The van der Waals surface area contributed by atoms with Crippen LogP contribution in [0.4, 0.5) is 5.82 Å². The number of aromatic nitrogens is 4. The van der Waals surface area contributed by atoms with Crippen molar-refractivity contribution in [2.45, 2.75) is 5.03 Å². The highest BCUT2D eigenvalue weighted by molar-refractivity contribution is 7.98. The van der Waals surface area contributed by atoms with Crippen LogP contribution in [0.3, 0.4) is 0 Å². The maximum Gasteiger partial charge on any atom is 0.264 e. The van der Waals surface area contributed by atoms with Crippen molar-refractivity contribution in [1.82, 2.24) is 20.3 Å². The molecule has 3 aromatic rings. The summed E-state index contributed by atoms with van der Waals surface area (Å²) in [5, 5.41) is 11.5. The van der Waals surface area contributed by atoms with Gasteiger partial charge in [0.05, 0.1) is 14.2 Å². The molecule has 0 atom stereocenters. The van der Waals surface area contributed by atoms with E-state index in [0.29, 0.717) is 39.6 Å². The Hall–Kier alpha value is -2.68. The Balaban J connectivity index is 2.01. The minimum Gasteiger partial charge on any atom is -0.493 e. The van der Waals surface area contributed by atoms with Gasteiger partial charge in [0.2, 0.25) is 5.82 Å². The first-order chi connectivity index (χ1) is 11.2. The highest BCUT2D eigenvalue weighted by atomic mass is 32.2. The van der Waals surface area contributed by atoms with Crippen LogP contribution in [0.5, 0.6) is 11.5 Å². The van der Waals surface area contributed by atoms with Crippen molar-refractivity contribution in [2.24, 2.45) is 0 Å². The van der Waals surface area contributed by atoms with Crippen molar-refractivity contribution in [2.75, 3.05) is 26.2 Å². The smallest absolute Gasteiger partial charge is 0.264 e. The first-order valence-corrected chi connectivity index (χ1v) is 7.84. The molecular formula is C14H15N5O3S. The number of H-pyrrole nitrogens is 1. The highest BCUT2D eigenvalue weighted by Crippen LogP contribution is 2.35. The number of anilines is 1. The van der Waals surface area contributed by atoms with Crippen LogP contribution in [-0.4, -0.2) is 40.8 Å². The molecule has 3 rings (SSSR count). The summed E-state index contributed by atoms with van der Waals surface area (Å²) >= 11 is 1.44. The molecule has 0 fully saturated rings. The maximum absolute atomic E-state index is 5.88. The van der Waals surface area contributed by atoms with E-state index in [4.69, 9.17) is 19.7 Å². The normalized spacial score (nSPS) is 10.7. The number of nitrogens with zero attached hydrogens (tertiary/aromatic N) is 3. The average molecular weight is 333 g/mol. The predicted molar refractivity (Wildman–Crippen MR) is 86.6 cm³/mol. The summed E-state index contributed by atoms with van der Waals surface area (Å²) in [6, 6.07) is 5.38. The number of thioether (sulfide) groups is 1. The number of hydrogen-bond donors (Lipinski definition) is 2. The lowest BCUT2D eigenvalue weighted by Crippen LogP contribution is -1.91. The van der Waals surface area contributed by atoms with Crippen LogP contribution < -0.4 is 15.2 Å². The van der Waals surface area contributed by atoms with Crippen molar-refractivity contribution >= 4 is 17.6 Å². The van der Waals surface area contributed by atoms with Crippen molar-refractivity contribution in [3.05, 3.63) is 18.2 Å². The van der Waals surface area contributed by atoms with Gasteiger partial charge in [-0.25, -0.2) is 0 Å². The molecule has 0 aliphatic heterocycles. The molecule has 9 heteroatoms. The molecule has 0 saturated heterocycles. The Kier molecular flexibility index (Phi) is 4.11. The fraction of sp³-hybridized carbons (Fsp3) is 0.214. The van der Waals surface area contributed by atoms with Gasteiger partial charge in [0.15, 0.2) is 11.5 Å². The second-order valence-corrected chi connectivity index (χ2v) is 5.31. The Morgan fingerprint density at radius 3 is 2.70 bits per heavy atom. The van der Waals surface area contributed by atoms with Gasteiger partial charge in [-0.05, 0) is 24.5 Å². The largest absolute Gasteiger partial charge is 0.493 e. The number of nitrogens with two attached hydrogens (primary N) is 1. The number of benzene rings is 1. The zero-order chi connectivity index (χ0) is 16.4. The summed E-state index contributed by atoms with van der Waals surface area (Å²) in [7, 11) is 3.15. The molecule has 0 unspecified atom stereocenters. The van der Waals surface area contributed by atoms with Crippen molar-refractivity contribution in [3.63, 3.8) is 0 Å². The highest BCUT2D eigenvalue weighted by Gasteiger charge is 2.20. The van der Waals surface area contributed by atoms with Gasteiger partial charge in [0.1, 0.15) is 16.4 Å². The third-order valence-electron chi connectivity index (χ3n) is 3.24. The van der Waals surface area contributed by atoms with Crippen LogP contribution in [0.25, 0.3) is 22.8 Å².